The second-order valence-electron chi connectivity index (χ2n) is 3.06. The van der Waals surface area contributed by atoms with Crippen LogP contribution < -0.4 is 0 Å². The lowest BCUT2D eigenvalue weighted by molar-refractivity contribution is -0.134. The topological polar surface area (TPSA) is 46.5 Å². The van der Waals surface area contributed by atoms with Crippen molar-refractivity contribution in [1.82, 2.24) is 0 Å². The molecule has 0 spiro atoms. The molecule has 1 N–H and O–H groups in total. The smallest absolute Gasteiger partial charge is 0.331 e. The highest BCUT2D eigenvalue weighted by Gasteiger charge is 2.05. The SMILES string of the molecule is CC/C(=C\C(=O)OC)Sc1ccccc1O. The van der Waals surface area contributed by atoms with Gasteiger partial charge in [-0.3, -0.25) is 0 Å². The molecule has 0 atom stereocenters. The Hall–Kier alpha value is -1.42. The molecule has 1 aromatic carbocycles. The van der Waals surface area contributed by atoms with E-state index in [1.54, 1.807) is 18.2 Å². The fraction of sp³-hybridized carbons (Fsp3) is 0.250. The van der Waals surface area contributed by atoms with Gasteiger partial charge in [0.05, 0.1) is 12.0 Å². The zero-order chi connectivity index (χ0) is 12.0. The van der Waals surface area contributed by atoms with Crippen LogP contribution in [0.3, 0.4) is 0 Å². The molecule has 0 heterocycles. The molecule has 0 aliphatic heterocycles. The van der Waals surface area contributed by atoms with Crippen molar-refractivity contribution >= 4 is 17.7 Å². The van der Waals surface area contributed by atoms with Gasteiger partial charge in [-0.2, -0.15) is 0 Å². The van der Waals surface area contributed by atoms with Crippen molar-refractivity contribution in [3.63, 3.8) is 0 Å². The lowest BCUT2D eigenvalue weighted by Gasteiger charge is -2.05. The highest BCUT2D eigenvalue weighted by atomic mass is 32.2. The number of esters is 1. The minimum atomic E-state index is -0.375. The van der Waals surface area contributed by atoms with Crippen LogP contribution in [-0.4, -0.2) is 18.2 Å². The summed E-state index contributed by atoms with van der Waals surface area (Å²) in [6.07, 6.45) is 2.16. The van der Waals surface area contributed by atoms with Crippen LogP contribution in [0.5, 0.6) is 5.75 Å². The average Bonchev–Trinajstić information content (AvgIpc) is 2.30. The highest BCUT2D eigenvalue weighted by Crippen LogP contribution is 2.34. The van der Waals surface area contributed by atoms with Crippen LogP contribution >= 0.6 is 11.8 Å². The zero-order valence-electron chi connectivity index (χ0n) is 9.27. The number of rotatable bonds is 4. The summed E-state index contributed by atoms with van der Waals surface area (Å²) in [6.45, 7) is 1.95. The number of carbonyl (C=O) groups is 1. The number of allylic oxidation sites excluding steroid dienone is 1. The highest BCUT2D eigenvalue weighted by molar-refractivity contribution is 8.03. The van der Waals surface area contributed by atoms with E-state index in [1.807, 2.05) is 13.0 Å². The summed E-state index contributed by atoms with van der Waals surface area (Å²) in [5.41, 5.74) is 0. The van der Waals surface area contributed by atoms with Crippen molar-refractivity contribution in [2.75, 3.05) is 7.11 Å². The van der Waals surface area contributed by atoms with Crippen molar-refractivity contribution in [2.24, 2.45) is 0 Å². The molecule has 0 aliphatic rings. The largest absolute Gasteiger partial charge is 0.507 e. The molecule has 0 radical (unpaired) electrons. The fourth-order valence-electron chi connectivity index (χ4n) is 1.08. The van der Waals surface area contributed by atoms with Gasteiger partial charge in [-0.05, 0) is 23.5 Å². The standard InChI is InChI=1S/C12H14O3S/c1-3-9(8-12(14)15-2)16-11-7-5-4-6-10(11)13/h4-8,13H,3H2,1-2H3/b9-8+. The second kappa shape index (κ2) is 6.23. The first-order valence-corrected chi connectivity index (χ1v) is 5.73. The summed E-state index contributed by atoms with van der Waals surface area (Å²) in [6, 6.07) is 7.02. The number of aromatic hydroxyl groups is 1. The number of hydrogen-bond donors (Lipinski definition) is 1. The maximum Gasteiger partial charge on any atom is 0.331 e. The average molecular weight is 238 g/mol. The van der Waals surface area contributed by atoms with Gasteiger partial charge in [0.15, 0.2) is 0 Å². The van der Waals surface area contributed by atoms with E-state index < -0.39 is 0 Å². The van der Waals surface area contributed by atoms with Crippen molar-refractivity contribution in [2.45, 2.75) is 18.2 Å². The van der Waals surface area contributed by atoms with Crippen molar-refractivity contribution in [3.05, 3.63) is 35.2 Å². The Morgan fingerprint density at radius 2 is 2.19 bits per heavy atom. The van der Waals surface area contributed by atoms with E-state index in [4.69, 9.17) is 0 Å². The molecule has 3 nitrogen and oxygen atoms in total. The van der Waals surface area contributed by atoms with E-state index in [0.717, 1.165) is 9.80 Å². The van der Waals surface area contributed by atoms with E-state index in [2.05, 4.69) is 4.74 Å². The maximum atomic E-state index is 11.1. The van der Waals surface area contributed by atoms with Gasteiger partial charge in [0, 0.05) is 6.08 Å². The zero-order valence-corrected chi connectivity index (χ0v) is 10.1. The number of benzene rings is 1. The quantitative estimate of drug-likeness (QED) is 0.497. The Kier molecular flexibility index (Phi) is 4.92. The molecule has 0 saturated heterocycles. The van der Waals surface area contributed by atoms with Crippen LogP contribution in [-0.2, 0) is 9.53 Å². The van der Waals surface area contributed by atoms with Gasteiger partial charge < -0.3 is 9.84 Å². The summed E-state index contributed by atoms with van der Waals surface area (Å²) >= 11 is 1.37. The Morgan fingerprint density at radius 3 is 2.75 bits per heavy atom. The van der Waals surface area contributed by atoms with Crippen LogP contribution in [0.25, 0.3) is 0 Å². The minimum absolute atomic E-state index is 0.219. The number of phenolic OH excluding ortho intramolecular Hbond substituents is 1. The molecular formula is C12H14O3S. The van der Waals surface area contributed by atoms with Crippen LogP contribution in [0.15, 0.2) is 40.1 Å². The number of thioether (sulfide) groups is 1. The van der Waals surface area contributed by atoms with Crippen LogP contribution in [0.2, 0.25) is 0 Å². The summed E-state index contributed by atoms with van der Waals surface area (Å²) in [4.78, 5) is 12.7. The summed E-state index contributed by atoms with van der Waals surface area (Å²) in [5, 5.41) is 9.58. The molecule has 1 rings (SSSR count). The Balaban J connectivity index is 2.82. The first-order valence-electron chi connectivity index (χ1n) is 4.91. The summed E-state index contributed by atoms with van der Waals surface area (Å²) in [5.74, 6) is -0.156. The lowest BCUT2D eigenvalue weighted by Crippen LogP contribution is -1.95. The molecule has 0 saturated carbocycles. The Bertz CT molecular complexity index is 399. The van der Waals surface area contributed by atoms with E-state index in [0.29, 0.717) is 6.42 Å². The maximum absolute atomic E-state index is 11.1. The number of hydrogen-bond acceptors (Lipinski definition) is 4. The fourth-order valence-corrected chi connectivity index (χ4v) is 1.98. The molecule has 16 heavy (non-hydrogen) atoms. The number of carbonyl (C=O) groups excluding carboxylic acids is 1. The van der Waals surface area contributed by atoms with Gasteiger partial charge in [0.1, 0.15) is 5.75 Å². The minimum Gasteiger partial charge on any atom is -0.507 e. The predicted octanol–water partition coefficient (Wildman–Crippen LogP) is 2.95. The molecule has 1 aromatic rings. The normalized spacial score (nSPS) is 11.2. The molecule has 0 amide bonds. The van der Waals surface area contributed by atoms with Gasteiger partial charge in [0.25, 0.3) is 0 Å². The number of methoxy groups -OCH3 is 1. The van der Waals surface area contributed by atoms with Crippen LogP contribution in [0, 0.1) is 0 Å². The number of ether oxygens (including phenoxy) is 1. The van der Waals surface area contributed by atoms with Crippen LogP contribution in [0.1, 0.15) is 13.3 Å². The van der Waals surface area contributed by atoms with E-state index in [9.17, 15) is 9.90 Å². The van der Waals surface area contributed by atoms with Crippen molar-refractivity contribution < 1.29 is 14.6 Å². The summed E-state index contributed by atoms with van der Waals surface area (Å²) in [7, 11) is 1.34. The van der Waals surface area contributed by atoms with Gasteiger partial charge in [-0.25, -0.2) is 4.79 Å². The van der Waals surface area contributed by atoms with Crippen LogP contribution in [0.4, 0.5) is 0 Å². The van der Waals surface area contributed by atoms with E-state index in [1.165, 1.54) is 24.9 Å². The van der Waals surface area contributed by atoms with Crippen molar-refractivity contribution in [3.8, 4) is 5.75 Å². The number of para-hydroxylation sites is 1. The molecule has 0 aromatic heterocycles. The van der Waals surface area contributed by atoms with Gasteiger partial charge >= 0.3 is 5.97 Å². The van der Waals surface area contributed by atoms with Crippen molar-refractivity contribution in [1.29, 1.82) is 0 Å². The Labute approximate surface area is 99.1 Å². The third kappa shape index (κ3) is 3.62. The first kappa shape index (κ1) is 12.6. The Morgan fingerprint density at radius 1 is 1.50 bits per heavy atom. The molecule has 0 unspecified atom stereocenters. The number of phenols is 1. The molecular weight excluding hydrogens is 224 g/mol. The second-order valence-corrected chi connectivity index (χ2v) is 4.23. The third-order valence-electron chi connectivity index (χ3n) is 1.93. The molecule has 0 aliphatic carbocycles. The lowest BCUT2D eigenvalue weighted by atomic mass is 10.3. The first-order chi connectivity index (χ1) is 7.67. The van der Waals surface area contributed by atoms with E-state index >= 15 is 0 Å². The monoisotopic (exact) mass is 238 g/mol. The van der Waals surface area contributed by atoms with Gasteiger partial charge in [0.2, 0.25) is 0 Å². The van der Waals surface area contributed by atoms with E-state index in [-0.39, 0.29) is 11.7 Å². The summed E-state index contributed by atoms with van der Waals surface area (Å²) < 4.78 is 4.56. The molecule has 0 fully saturated rings. The van der Waals surface area contributed by atoms with Gasteiger partial charge in [-0.1, -0.05) is 30.8 Å². The predicted molar refractivity (Wildman–Crippen MR) is 64.4 cm³/mol. The van der Waals surface area contributed by atoms with Gasteiger partial charge in [-0.15, -0.1) is 0 Å². The molecule has 4 heteroatoms. The molecule has 86 valence electrons. The third-order valence-corrected chi connectivity index (χ3v) is 3.17. The molecule has 0 bridgehead atoms.